The van der Waals surface area contributed by atoms with Gasteiger partial charge in [-0.15, -0.1) is 0 Å². The fraction of sp³-hybridized carbons (Fsp3) is 0.125. The Morgan fingerprint density at radius 2 is 1.62 bits per heavy atom. The molecule has 3 aromatic rings. The first-order chi connectivity index (χ1) is 10.2. The summed E-state index contributed by atoms with van der Waals surface area (Å²) >= 11 is 3.43. The van der Waals surface area contributed by atoms with Gasteiger partial charge in [-0.2, -0.15) is 5.10 Å². The van der Waals surface area contributed by atoms with E-state index in [0.717, 1.165) is 27.8 Å². The molecule has 0 saturated heterocycles. The minimum absolute atomic E-state index is 0.545. The number of nitrogens with zero attached hydrogens (tertiary/aromatic N) is 2. The van der Waals surface area contributed by atoms with E-state index in [-0.39, 0.29) is 0 Å². The topological polar surface area (TPSA) is 67.6 Å². The number of benzene rings is 2. The molecule has 0 amide bonds. The van der Waals surface area contributed by atoms with Crippen LogP contribution in [0.15, 0.2) is 53.0 Å². The summed E-state index contributed by atoms with van der Waals surface area (Å²) in [6.45, 7) is 0.545. The van der Waals surface area contributed by atoms with Gasteiger partial charge in [0.15, 0.2) is 5.82 Å². The van der Waals surface area contributed by atoms with Gasteiger partial charge in [-0.3, -0.25) is 5.10 Å². The maximum absolute atomic E-state index is 5.60. The molecule has 1 heterocycles. The van der Waals surface area contributed by atoms with E-state index in [1.54, 1.807) is 0 Å². The highest BCUT2D eigenvalue weighted by Gasteiger charge is 2.06. The van der Waals surface area contributed by atoms with E-state index in [9.17, 15) is 0 Å². The molecule has 0 atom stereocenters. The average Bonchev–Trinajstić information content (AvgIpc) is 2.98. The van der Waals surface area contributed by atoms with Crippen molar-refractivity contribution in [2.45, 2.75) is 13.0 Å². The molecule has 0 spiro atoms. The zero-order chi connectivity index (χ0) is 14.7. The predicted octanol–water partition coefficient (Wildman–Crippen LogP) is 3.28. The molecule has 0 aliphatic heterocycles. The van der Waals surface area contributed by atoms with E-state index >= 15 is 0 Å². The molecule has 1 aromatic heterocycles. The summed E-state index contributed by atoms with van der Waals surface area (Å²) in [5, 5.41) is 7.28. The van der Waals surface area contributed by atoms with E-state index in [1.807, 2.05) is 36.4 Å². The monoisotopic (exact) mass is 342 g/mol. The first-order valence-corrected chi connectivity index (χ1v) is 7.49. The fourth-order valence-corrected chi connectivity index (χ4v) is 2.35. The Hall–Kier alpha value is -1.98. The molecule has 21 heavy (non-hydrogen) atoms. The number of hydrogen-bond donors (Lipinski definition) is 2. The maximum atomic E-state index is 5.60. The van der Waals surface area contributed by atoms with Crippen molar-refractivity contribution in [3.8, 4) is 11.4 Å². The largest absolute Gasteiger partial charge is 0.326 e. The van der Waals surface area contributed by atoms with Crippen molar-refractivity contribution >= 4 is 15.9 Å². The quantitative estimate of drug-likeness (QED) is 0.764. The third-order valence-corrected chi connectivity index (χ3v) is 3.79. The summed E-state index contributed by atoms with van der Waals surface area (Å²) in [4.78, 5) is 4.54. The van der Waals surface area contributed by atoms with Gasteiger partial charge in [-0.1, -0.05) is 52.3 Å². The molecule has 0 bridgehead atoms. The summed E-state index contributed by atoms with van der Waals surface area (Å²) in [5.41, 5.74) is 8.88. The molecule has 3 N–H and O–H groups in total. The second-order valence-electron chi connectivity index (χ2n) is 4.81. The number of aromatic amines is 1. The zero-order valence-electron chi connectivity index (χ0n) is 11.4. The SMILES string of the molecule is NCc1ccc(-c2n[nH]c(Cc3ccc(Br)cc3)n2)cc1. The Kier molecular flexibility index (Phi) is 4.13. The lowest BCUT2D eigenvalue weighted by Gasteiger charge is -1.98. The Balaban J connectivity index is 1.77. The number of aromatic nitrogens is 3. The van der Waals surface area contributed by atoms with Crippen LogP contribution < -0.4 is 5.73 Å². The van der Waals surface area contributed by atoms with Crippen LogP contribution in [0.4, 0.5) is 0 Å². The van der Waals surface area contributed by atoms with Crippen LogP contribution in [0, 0.1) is 0 Å². The van der Waals surface area contributed by atoms with Gasteiger partial charge in [-0.25, -0.2) is 4.98 Å². The van der Waals surface area contributed by atoms with Gasteiger partial charge in [0.25, 0.3) is 0 Å². The van der Waals surface area contributed by atoms with Gasteiger partial charge in [0.05, 0.1) is 0 Å². The fourth-order valence-electron chi connectivity index (χ4n) is 2.09. The minimum atomic E-state index is 0.545. The minimum Gasteiger partial charge on any atom is -0.326 e. The molecule has 0 aliphatic rings. The number of nitrogens with two attached hydrogens (primary N) is 1. The number of H-pyrrole nitrogens is 1. The van der Waals surface area contributed by atoms with E-state index in [2.05, 4.69) is 43.2 Å². The standard InChI is InChI=1S/C16H15BrN4/c17-14-7-3-11(4-8-14)9-15-19-16(21-20-15)13-5-1-12(10-18)2-6-13/h1-8H,9-10,18H2,(H,19,20,21). The molecule has 5 heteroatoms. The van der Waals surface area contributed by atoms with Crippen LogP contribution in [0.5, 0.6) is 0 Å². The molecule has 0 aliphatic carbocycles. The van der Waals surface area contributed by atoms with Crippen LogP contribution in [-0.4, -0.2) is 15.2 Å². The lowest BCUT2D eigenvalue weighted by Crippen LogP contribution is -1.95. The van der Waals surface area contributed by atoms with Gasteiger partial charge in [0.2, 0.25) is 0 Å². The molecule has 106 valence electrons. The van der Waals surface area contributed by atoms with Crippen molar-refractivity contribution < 1.29 is 0 Å². The highest BCUT2D eigenvalue weighted by molar-refractivity contribution is 9.10. The summed E-state index contributed by atoms with van der Waals surface area (Å²) in [5.74, 6) is 1.57. The summed E-state index contributed by atoms with van der Waals surface area (Å²) < 4.78 is 1.07. The van der Waals surface area contributed by atoms with Crippen molar-refractivity contribution in [3.63, 3.8) is 0 Å². The smallest absolute Gasteiger partial charge is 0.181 e. The van der Waals surface area contributed by atoms with Crippen LogP contribution >= 0.6 is 15.9 Å². The lowest BCUT2D eigenvalue weighted by atomic mass is 10.1. The van der Waals surface area contributed by atoms with E-state index in [1.165, 1.54) is 5.56 Å². The first-order valence-electron chi connectivity index (χ1n) is 6.70. The van der Waals surface area contributed by atoms with E-state index < -0.39 is 0 Å². The molecule has 0 fully saturated rings. The number of rotatable bonds is 4. The highest BCUT2D eigenvalue weighted by Crippen LogP contribution is 2.17. The van der Waals surface area contributed by atoms with Crippen LogP contribution in [0.25, 0.3) is 11.4 Å². The summed E-state index contributed by atoms with van der Waals surface area (Å²) in [6.07, 6.45) is 0.737. The van der Waals surface area contributed by atoms with Gasteiger partial charge in [-0.05, 0) is 23.3 Å². The van der Waals surface area contributed by atoms with Gasteiger partial charge in [0.1, 0.15) is 5.82 Å². The Labute approximate surface area is 131 Å². The van der Waals surface area contributed by atoms with Crippen molar-refractivity contribution in [3.05, 3.63) is 70.0 Å². The number of hydrogen-bond acceptors (Lipinski definition) is 3. The van der Waals surface area contributed by atoms with Crippen LogP contribution in [0.3, 0.4) is 0 Å². The van der Waals surface area contributed by atoms with Crippen molar-refractivity contribution in [2.75, 3.05) is 0 Å². The van der Waals surface area contributed by atoms with E-state index in [0.29, 0.717) is 12.4 Å². The van der Waals surface area contributed by atoms with Crippen molar-refractivity contribution in [2.24, 2.45) is 5.73 Å². The first kappa shape index (κ1) is 14.0. The molecular formula is C16H15BrN4. The molecule has 2 aromatic carbocycles. The van der Waals surface area contributed by atoms with Crippen LogP contribution in [0.2, 0.25) is 0 Å². The van der Waals surface area contributed by atoms with Crippen molar-refractivity contribution in [1.82, 2.24) is 15.2 Å². The third-order valence-electron chi connectivity index (χ3n) is 3.26. The third kappa shape index (κ3) is 3.37. The Morgan fingerprint density at radius 1 is 0.952 bits per heavy atom. The van der Waals surface area contributed by atoms with Gasteiger partial charge < -0.3 is 5.73 Å². The van der Waals surface area contributed by atoms with Crippen LogP contribution in [-0.2, 0) is 13.0 Å². The Morgan fingerprint density at radius 3 is 2.29 bits per heavy atom. The zero-order valence-corrected chi connectivity index (χ0v) is 13.0. The normalized spacial score (nSPS) is 10.8. The maximum Gasteiger partial charge on any atom is 0.181 e. The second-order valence-corrected chi connectivity index (χ2v) is 5.73. The number of halogens is 1. The molecule has 0 radical (unpaired) electrons. The summed E-state index contributed by atoms with van der Waals surface area (Å²) in [6, 6.07) is 16.2. The van der Waals surface area contributed by atoms with Gasteiger partial charge in [0, 0.05) is 23.0 Å². The van der Waals surface area contributed by atoms with Gasteiger partial charge >= 0.3 is 0 Å². The molecular weight excluding hydrogens is 328 g/mol. The number of nitrogens with one attached hydrogen (secondary N) is 1. The Bertz CT molecular complexity index is 717. The second kappa shape index (κ2) is 6.20. The van der Waals surface area contributed by atoms with Crippen LogP contribution in [0.1, 0.15) is 17.0 Å². The molecule has 4 nitrogen and oxygen atoms in total. The molecule has 0 unspecified atom stereocenters. The van der Waals surface area contributed by atoms with E-state index in [4.69, 9.17) is 5.73 Å². The molecule has 0 saturated carbocycles. The molecule has 3 rings (SSSR count). The average molecular weight is 343 g/mol. The highest BCUT2D eigenvalue weighted by atomic mass is 79.9. The summed E-state index contributed by atoms with van der Waals surface area (Å²) in [7, 11) is 0. The lowest BCUT2D eigenvalue weighted by molar-refractivity contribution is 0.972. The predicted molar refractivity (Wildman–Crippen MR) is 86.7 cm³/mol. The van der Waals surface area contributed by atoms with Crippen molar-refractivity contribution in [1.29, 1.82) is 0 Å².